The number of hydrogen-bond donors (Lipinski definition) is 1. The summed E-state index contributed by atoms with van der Waals surface area (Å²) in [6, 6.07) is 0. The Balaban J connectivity index is 1.83. The van der Waals surface area contributed by atoms with E-state index in [4.69, 9.17) is 9.52 Å². The van der Waals surface area contributed by atoms with Gasteiger partial charge in [0.05, 0.1) is 0 Å². The highest BCUT2D eigenvalue weighted by molar-refractivity contribution is 7.99. The zero-order valence-corrected chi connectivity index (χ0v) is 11.1. The van der Waals surface area contributed by atoms with E-state index in [1.54, 1.807) is 0 Å². The molecule has 0 unspecified atom stereocenters. The van der Waals surface area contributed by atoms with Gasteiger partial charge in [0, 0.05) is 6.42 Å². The Morgan fingerprint density at radius 1 is 1.28 bits per heavy atom. The first-order valence-electron chi connectivity index (χ1n) is 6.41. The molecule has 2 rings (SSSR count). The summed E-state index contributed by atoms with van der Waals surface area (Å²) in [4.78, 5) is 10.4. The molecule has 1 saturated carbocycles. The van der Waals surface area contributed by atoms with Crippen molar-refractivity contribution in [3.63, 3.8) is 0 Å². The molecule has 1 aromatic heterocycles. The highest BCUT2D eigenvalue weighted by atomic mass is 32.2. The van der Waals surface area contributed by atoms with Crippen LogP contribution in [0.4, 0.5) is 0 Å². The molecular formula is C12H18N2O3S. The smallest absolute Gasteiger partial charge is 0.314 e. The van der Waals surface area contributed by atoms with Gasteiger partial charge in [0.2, 0.25) is 5.89 Å². The number of carbonyl (C=O) groups is 1. The topological polar surface area (TPSA) is 76.2 Å². The molecule has 1 aliphatic rings. The van der Waals surface area contributed by atoms with Gasteiger partial charge >= 0.3 is 5.97 Å². The van der Waals surface area contributed by atoms with Crippen LogP contribution >= 0.6 is 11.8 Å². The Hall–Kier alpha value is -1.04. The molecule has 0 bridgehead atoms. The number of rotatable bonds is 5. The summed E-state index contributed by atoms with van der Waals surface area (Å²) in [5.41, 5.74) is 0. The van der Waals surface area contributed by atoms with Crippen LogP contribution in [-0.2, 0) is 11.2 Å². The number of carboxylic acids is 1. The fourth-order valence-electron chi connectivity index (χ4n) is 2.32. The van der Waals surface area contributed by atoms with Gasteiger partial charge in [0.15, 0.2) is 0 Å². The molecule has 100 valence electrons. The van der Waals surface area contributed by atoms with Crippen LogP contribution in [0.3, 0.4) is 0 Å². The van der Waals surface area contributed by atoms with Gasteiger partial charge in [0.1, 0.15) is 5.75 Å². The molecule has 0 saturated heterocycles. The molecule has 1 fully saturated rings. The van der Waals surface area contributed by atoms with Crippen LogP contribution in [0.1, 0.15) is 44.4 Å². The Labute approximate surface area is 110 Å². The molecule has 0 radical (unpaired) electrons. The molecule has 1 aromatic rings. The Bertz CT molecular complexity index is 386. The third-order valence-electron chi connectivity index (χ3n) is 3.21. The minimum atomic E-state index is -0.872. The molecule has 0 atom stereocenters. The lowest BCUT2D eigenvalue weighted by atomic mass is 9.97. The lowest BCUT2D eigenvalue weighted by molar-refractivity contribution is -0.133. The maximum atomic E-state index is 10.4. The molecule has 1 aliphatic carbocycles. The van der Waals surface area contributed by atoms with Crippen LogP contribution in [0.15, 0.2) is 9.64 Å². The zero-order chi connectivity index (χ0) is 12.8. The third kappa shape index (κ3) is 4.33. The number of aromatic nitrogens is 2. The van der Waals surface area contributed by atoms with Gasteiger partial charge in [-0.3, -0.25) is 4.79 Å². The zero-order valence-electron chi connectivity index (χ0n) is 10.3. The predicted octanol–water partition coefficient (Wildman–Crippen LogP) is 2.76. The summed E-state index contributed by atoms with van der Waals surface area (Å²) in [5.74, 6) is 0.383. The Morgan fingerprint density at radius 2 is 2.00 bits per heavy atom. The molecule has 18 heavy (non-hydrogen) atoms. The second-order valence-electron chi connectivity index (χ2n) is 4.71. The number of thioether (sulfide) groups is 1. The summed E-state index contributed by atoms with van der Waals surface area (Å²) in [7, 11) is 0. The molecule has 1 N–H and O–H groups in total. The van der Waals surface area contributed by atoms with Gasteiger partial charge in [-0.2, -0.15) is 0 Å². The summed E-state index contributed by atoms with van der Waals surface area (Å²) in [6.45, 7) is 0. The van der Waals surface area contributed by atoms with Crippen molar-refractivity contribution in [2.24, 2.45) is 5.92 Å². The second kappa shape index (κ2) is 6.78. The fraction of sp³-hybridized carbons (Fsp3) is 0.750. The van der Waals surface area contributed by atoms with Crippen molar-refractivity contribution in [1.82, 2.24) is 10.2 Å². The monoisotopic (exact) mass is 270 g/mol. The van der Waals surface area contributed by atoms with E-state index in [2.05, 4.69) is 10.2 Å². The average molecular weight is 270 g/mol. The minimum absolute atomic E-state index is 0.0366. The lowest BCUT2D eigenvalue weighted by Crippen LogP contribution is -2.03. The molecular weight excluding hydrogens is 252 g/mol. The second-order valence-corrected chi connectivity index (χ2v) is 5.63. The van der Waals surface area contributed by atoms with Crippen molar-refractivity contribution in [3.05, 3.63) is 5.89 Å². The molecule has 6 heteroatoms. The fourth-order valence-corrected chi connectivity index (χ4v) is 2.82. The van der Waals surface area contributed by atoms with E-state index in [1.165, 1.54) is 38.5 Å². The van der Waals surface area contributed by atoms with Crippen molar-refractivity contribution in [2.75, 3.05) is 5.75 Å². The predicted molar refractivity (Wildman–Crippen MR) is 67.6 cm³/mol. The summed E-state index contributed by atoms with van der Waals surface area (Å²) in [5, 5.41) is 16.8. The standard InChI is InChI=1S/C12H18N2O3S/c15-11(16)8-18-12-14-13-10(17-12)7-9-5-3-1-2-4-6-9/h9H,1-8H2,(H,15,16). The number of carboxylic acid groups (broad SMARTS) is 1. The highest BCUT2D eigenvalue weighted by Gasteiger charge is 2.16. The van der Waals surface area contributed by atoms with Crippen molar-refractivity contribution in [3.8, 4) is 0 Å². The first-order valence-corrected chi connectivity index (χ1v) is 7.39. The number of aliphatic carboxylic acids is 1. The van der Waals surface area contributed by atoms with Crippen molar-refractivity contribution in [2.45, 2.75) is 50.2 Å². The van der Waals surface area contributed by atoms with E-state index in [1.807, 2.05) is 0 Å². The maximum absolute atomic E-state index is 10.4. The van der Waals surface area contributed by atoms with E-state index in [-0.39, 0.29) is 5.75 Å². The maximum Gasteiger partial charge on any atom is 0.314 e. The van der Waals surface area contributed by atoms with Gasteiger partial charge in [-0.15, -0.1) is 10.2 Å². The number of hydrogen-bond acceptors (Lipinski definition) is 5. The van der Waals surface area contributed by atoms with Gasteiger partial charge in [0.25, 0.3) is 5.22 Å². The van der Waals surface area contributed by atoms with Crippen LogP contribution in [0, 0.1) is 5.92 Å². The van der Waals surface area contributed by atoms with Gasteiger partial charge in [-0.25, -0.2) is 0 Å². The van der Waals surface area contributed by atoms with Crippen molar-refractivity contribution >= 4 is 17.7 Å². The van der Waals surface area contributed by atoms with E-state index in [9.17, 15) is 4.79 Å². The van der Waals surface area contributed by atoms with E-state index in [0.29, 0.717) is 17.0 Å². The normalized spacial score (nSPS) is 17.6. The van der Waals surface area contributed by atoms with Crippen molar-refractivity contribution in [1.29, 1.82) is 0 Å². The van der Waals surface area contributed by atoms with E-state index in [0.717, 1.165) is 18.2 Å². The average Bonchev–Trinajstić information content (AvgIpc) is 2.62. The van der Waals surface area contributed by atoms with E-state index >= 15 is 0 Å². The molecule has 0 spiro atoms. The summed E-state index contributed by atoms with van der Waals surface area (Å²) >= 11 is 1.08. The van der Waals surface area contributed by atoms with Crippen LogP contribution in [0.25, 0.3) is 0 Å². The molecule has 0 aromatic carbocycles. The molecule has 0 amide bonds. The third-order valence-corrected chi connectivity index (χ3v) is 4.01. The Morgan fingerprint density at radius 3 is 2.67 bits per heavy atom. The van der Waals surface area contributed by atoms with Crippen molar-refractivity contribution < 1.29 is 14.3 Å². The quantitative estimate of drug-likeness (QED) is 0.655. The lowest BCUT2D eigenvalue weighted by Gasteiger charge is -2.10. The highest BCUT2D eigenvalue weighted by Crippen LogP contribution is 2.26. The first-order chi connectivity index (χ1) is 8.74. The largest absolute Gasteiger partial charge is 0.481 e. The molecule has 5 nitrogen and oxygen atoms in total. The Kier molecular flexibility index (Phi) is 5.04. The van der Waals surface area contributed by atoms with Crippen LogP contribution in [-0.4, -0.2) is 27.0 Å². The first kappa shape index (κ1) is 13.4. The van der Waals surface area contributed by atoms with Crippen LogP contribution in [0.5, 0.6) is 0 Å². The van der Waals surface area contributed by atoms with Gasteiger partial charge in [-0.05, 0) is 18.8 Å². The van der Waals surface area contributed by atoms with Crippen LogP contribution < -0.4 is 0 Å². The van der Waals surface area contributed by atoms with Gasteiger partial charge in [-0.1, -0.05) is 37.4 Å². The minimum Gasteiger partial charge on any atom is -0.481 e. The van der Waals surface area contributed by atoms with E-state index < -0.39 is 5.97 Å². The van der Waals surface area contributed by atoms with Crippen LogP contribution in [0.2, 0.25) is 0 Å². The summed E-state index contributed by atoms with van der Waals surface area (Å²) in [6.07, 6.45) is 8.56. The molecule has 0 aliphatic heterocycles. The SMILES string of the molecule is O=C(O)CSc1nnc(CC2CCCCCC2)o1. The number of nitrogens with zero attached hydrogens (tertiary/aromatic N) is 2. The summed E-state index contributed by atoms with van der Waals surface area (Å²) < 4.78 is 5.46. The van der Waals surface area contributed by atoms with Gasteiger partial charge < -0.3 is 9.52 Å². The molecule has 1 heterocycles.